The Morgan fingerprint density at radius 3 is 1.82 bits per heavy atom. The highest BCUT2D eigenvalue weighted by atomic mass is 35.5. The van der Waals surface area contributed by atoms with Crippen LogP contribution >= 0.6 is 24.8 Å². The third-order valence-electron chi connectivity index (χ3n) is 4.03. The van der Waals surface area contributed by atoms with Crippen molar-refractivity contribution in [2.24, 2.45) is 5.73 Å². The third-order valence-corrected chi connectivity index (χ3v) is 4.03. The summed E-state index contributed by atoms with van der Waals surface area (Å²) >= 11 is 0. The molecule has 0 aromatic rings. The molecule has 0 aliphatic carbocycles. The second-order valence-corrected chi connectivity index (χ2v) is 6.38. The first-order valence-corrected chi connectivity index (χ1v) is 7.46. The number of carbonyl (C=O) groups is 2. The summed E-state index contributed by atoms with van der Waals surface area (Å²) < 4.78 is 0. The Morgan fingerprint density at radius 2 is 1.36 bits per heavy atom. The molecule has 2 saturated heterocycles. The smallest absolute Gasteiger partial charge is 0.242 e. The van der Waals surface area contributed by atoms with E-state index in [2.05, 4.69) is 4.90 Å². The van der Waals surface area contributed by atoms with Crippen LogP contribution in [0.5, 0.6) is 0 Å². The predicted molar refractivity (Wildman–Crippen MR) is 91.6 cm³/mol. The lowest BCUT2D eigenvalue weighted by Gasteiger charge is -2.38. The van der Waals surface area contributed by atoms with E-state index in [9.17, 15) is 9.59 Å². The van der Waals surface area contributed by atoms with Crippen LogP contribution in [0.1, 0.15) is 26.7 Å². The van der Waals surface area contributed by atoms with Crippen LogP contribution < -0.4 is 5.73 Å². The molecule has 2 rings (SSSR count). The number of halogens is 2. The van der Waals surface area contributed by atoms with Crippen molar-refractivity contribution in [2.75, 3.05) is 45.8 Å². The number of hydrogen-bond acceptors (Lipinski definition) is 4. The zero-order valence-electron chi connectivity index (χ0n) is 13.4. The third kappa shape index (κ3) is 5.57. The van der Waals surface area contributed by atoms with Gasteiger partial charge in [-0.25, -0.2) is 0 Å². The zero-order valence-corrected chi connectivity index (χ0v) is 15.0. The van der Waals surface area contributed by atoms with Crippen LogP contribution in [-0.4, -0.2) is 77.9 Å². The van der Waals surface area contributed by atoms with Gasteiger partial charge in [0, 0.05) is 26.2 Å². The maximum atomic E-state index is 12.2. The summed E-state index contributed by atoms with van der Waals surface area (Å²) in [5.74, 6) is 0.148. The molecule has 0 aromatic heterocycles. The van der Waals surface area contributed by atoms with Crippen LogP contribution in [-0.2, 0) is 9.59 Å². The van der Waals surface area contributed by atoms with Gasteiger partial charge in [-0.05, 0) is 39.8 Å². The lowest BCUT2D eigenvalue weighted by molar-refractivity contribution is -0.142. The van der Waals surface area contributed by atoms with E-state index in [-0.39, 0.29) is 36.6 Å². The molecule has 0 spiro atoms. The molecular formula is C14H28Cl2N4O2. The fourth-order valence-electron chi connectivity index (χ4n) is 2.80. The Balaban J connectivity index is 0.00000220. The molecule has 130 valence electrons. The molecule has 2 N–H and O–H groups in total. The number of carbonyl (C=O) groups excluding carboxylic acids is 2. The van der Waals surface area contributed by atoms with Gasteiger partial charge in [0.15, 0.2) is 0 Å². The molecule has 0 atom stereocenters. The van der Waals surface area contributed by atoms with Crippen molar-refractivity contribution in [3.05, 3.63) is 0 Å². The lowest BCUT2D eigenvalue weighted by Crippen LogP contribution is -2.58. The minimum absolute atomic E-state index is 0. The van der Waals surface area contributed by atoms with Crippen LogP contribution in [0.25, 0.3) is 0 Å². The van der Waals surface area contributed by atoms with Gasteiger partial charge in [-0.2, -0.15) is 0 Å². The first-order valence-electron chi connectivity index (χ1n) is 7.46. The minimum Gasteiger partial charge on any atom is -0.338 e. The molecule has 0 bridgehead atoms. The maximum absolute atomic E-state index is 12.2. The zero-order chi connectivity index (χ0) is 14.8. The van der Waals surface area contributed by atoms with E-state index in [1.165, 1.54) is 12.8 Å². The van der Waals surface area contributed by atoms with Gasteiger partial charge in [0.25, 0.3) is 0 Å². The van der Waals surface area contributed by atoms with Crippen molar-refractivity contribution >= 4 is 36.6 Å². The van der Waals surface area contributed by atoms with Crippen molar-refractivity contribution in [1.82, 2.24) is 14.7 Å². The molecule has 2 aliphatic rings. The summed E-state index contributed by atoms with van der Waals surface area (Å²) in [4.78, 5) is 30.1. The average Bonchev–Trinajstić information content (AvgIpc) is 2.90. The molecule has 2 heterocycles. The maximum Gasteiger partial charge on any atom is 0.242 e. The first kappa shape index (κ1) is 21.4. The van der Waals surface area contributed by atoms with Gasteiger partial charge >= 0.3 is 0 Å². The molecule has 8 heteroatoms. The number of piperazine rings is 1. The van der Waals surface area contributed by atoms with Gasteiger partial charge in [-0.1, -0.05) is 0 Å². The van der Waals surface area contributed by atoms with E-state index in [4.69, 9.17) is 5.73 Å². The number of likely N-dealkylation sites (tertiary alicyclic amines) is 1. The van der Waals surface area contributed by atoms with Crippen molar-refractivity contribution < 1.29 is 9.59 Å². The molecule has 2 fully saturated rings. The Kier molecular flexibility index (Phi) is 8.69. The summed E-state index contributed by atoms with van der Waals surface area (Å²) in [6.45, 7) is 8.45. The average molecular weight is 355 g/mol. The largest absolute Gasteiger partial charge is 0.338 e. The molecule has 2 amide bonds. The van der Waals surface area contributed by atoms with Crippen LogP contribution in [0.2, 0.25) is 0 Å². The normalized spacial score (nSPS) is 19.4. The van der Waals surface area contributed by atoms with Gasteiger partial charge in [0.05, 0.1) is 12.1 Å². The fourth-order valence-corrected chi connectivity index (χ4v) is 2.80. The van der Waals surface area contributed by atoms with E-state index >= 15 is 0 Å². The van der Waals surface area contributed by atoms with Crippen LogP contribution in [0.15, 0.2) is 0 Å². The van der Waals surface area contributed by atoms with Gasteiger partial charge in [0.2, 0.25) is 11.8 Å². The van der Waals surface area contributed by atoms with Gasteiger partial charge in [0.1, 0.15) is 0 Å². The molecule has 2 aliphatic heterocycles. The van der Waals surface area contributed by atoms with E-state index in [0.717, 1.165) is 13.1 Å². The second-order valence-electron chi connectivity index (χ2n) is 6.38. The highest BCUT2D eigenvalue weighted by Gasteiger charge is 2.31. The standard InChI is InChI=1S/C14H26N4O2.2ClH/c1-14(2,15)13(20)18-9-7-17(8-10-18)12(19)11-16-5-3-4-6-16;;/h3-11,15H2,1-2H3;2*1H. The highest BCUT2D eigenvalue weighted by Crippen LogP contribution is 2.11. The molecule has 0 unspecified atom stereocenters. The molecule has 6 nitrogen and oxygen atoms in total. The number of nitrogens with zero attached hydrogens (tertiary/aromatic N) is 3. The van der Waals surface area contributed by atoms with Crippen molar-refractivity contribution in [1.29, 1.82) is 0 Å². The Hall–Kier alpha value is -0.560. The summed E-state index contributed by atoms with van der Waals surface area (Å²) in [6.07, 6.45) is 2.39. The van der Waals surface area contributed by atoms with Crippen LogP contribution in [0.3, 0.4) is 0 Å². The molecule has 0 saturated carbocycles. The lowest BCUT2D eigenvalue weighted by atomic mass is 10.0. The van der Waals surface area contributed by atoms with E-state index in [1.807, 2.05) is 4.90 Å². The highest BCUT2D eigenvalue weighted by molar-refractivity contribution is 5.86. The quantitative estimate of drug-likeness (QED) is 0.792. The summed E-state index contributed by atoms with van der Waals surface area (Å²) in [7, 11) is 0. The minimum atomic E-state index is -0.832. The Bertz CT molecular complexity index is 374. The monoisotopic (exact) mass is 354 g/mol. The number of hydrogen-bond donors (Lipinski definition) is 1. The number of amides is 2. The van der Waals surface area contributed by atoms with Crippen LogP contribution in [0.4, 0.5) is 0 Å². The van der Waals surface area contributed by atoms with Gasteiger partial charge < -0.3 is 15.5 Å². The Labute approximate surface area is 145 Å². The molecular weight excluding hydrogens is 327 g/mol. The second kappa shape index (κ2) is 8.91. The molecule has 22 heavy (non-hydrogen) atoms. The summed E-state index contributed by atoms with van der Waals surface area (Å²) in [6, 6.07) is 0. The first-order chi connectivity index (χ1) is 9.38. The van der Waals surface area contributed by atoms with E-state index < -0.39 is 5.54 Å². The van der Waals surface area contributed by atoms with Crippen LogP contribution in [0, 0.1) is 0 Å². The van der Waals surface area contributed by atoms with Gasteiger partial charge in [-0.15, -0.1) is 24.8 Å². The summed E-state index contributed by atoms with van der Waals surface area (Å²) in [5.41, 5.74) is 5.00. The van der Waals surface area contributed by atoms with E-state index in [1.54, 1.807) is 18.7 Å². The molecule has 0 radical (unpaired) electrons. The summed E-state index contributed by atoms with van der Waals surface area (Å²) in [5, 5.41) is 0. The predicted octanol–water partition coefficient (Wildman–Crippen LogP) is 0.334. The SMILES string of the molecule is CC(C)(N)C(=O)N1CCN(C(=O)CN2CCCC2)CC1.Cl.Cl. The fraction of sp³-hybridized carbons (Fsp3) is 0.857. The Morgan fingerprint density at radius 1 is 0.909 bits per heavy atom. The van der Waals surface area contributed by atoms with Crippen molar-refractivity contribution in [3.8, 4) is 0 Å². The topological polar surface area (TPSA) is 69.9 Å². The van der Waals surface area contributed by atoms with Crippen molar-refractivity contribution in [3.63, 3.8) is 0 Å². The van der Waals surface area contributed by atoms with Gasteiger partial charge in [-0.3, -0.25) is 14.5 Å². The number of rotatable bonds is 3. The van der Waals surface area contributed by atoms with Crippen molar-refractivity contribution in [2.45, 2.75) is 32.2 Å². The van der Waals surface area contributed by atoms with E-state index in [0.29, 0.717) is 32.7 Å². The molecule has 0 aromatic carbocycles. The number of nitrogens with two attached hydrogens (primary N) is 1.